The summed E-state index contributed by atoms with van der Waals surface area (Å²) in [7, 11) is 0. The summed E-state index contributed by atoms with van der Waals surface area (Å²) in [5.41, 5.74) is 7.40. The molecule has 84 valence electrons. The van der Waals surface area contributed by atoms with Crippen LogP contribution < -0.4 is 11.2 Å². The van der Waals surface area contributed by atoms with Gasteiger partial charge in [0.2, 0.25) is 5.43 Å². The highest BCUT2D eigenvalue weighted by atomic mass is 79.9. The van der Waals surface area contributed by atoms with E-state index in [0.29, 0.717) is 22.6 Å². The van der Waals surface area contributed by atoms with Crippen LogP contribution in [-0.4, -0.2) is 4.98 Å². The van der Waals surface area contributed by atoms with Gasteiger partial charge in [-0.15, -0.1) is 0 Å². The van der Waals surface area contributed by atoms with Crippen LogP contribution in [0.5, 0.6) is 0 Å². The molecule has 0 saturated carbocycles. The van der Waals surface area contributed by atoms with E-state index in [1.54, 1.807) is 6.07 Å². The number of halogens is 1. The molecule has 2 N–H and O–H groups in total. The van der Waals surface area contributed by atoms with E-state index in [0.717, 1.165) is 4.47 Å². The number of anilines is 1. The molecular formula is C12H7BrN2O2. The summed E-state index contributed by atoms with van der Waals surface area (Å²) in [5, 5.41) is 0. The van der Waals surface area contributed by atoms with Gasteiger partial charge in [-0.2, -0.15) is 0 Å². The molecule has 1 aromatic rings. The van der Waals surface area contributed by atoms with Crippen molar-refractivity contribution >= 4 is 32.7 Å². The van der Waals surface area contributed by atoms with E-state index in [2.05, 4.69) is 20.9 Å². The van der Waals surface area contributed by atoms with E-state index in [4.69, 9.17) is 10.2 Å². The molecule has 0 aromatic heterocycles. The Bertz CT molecular complexity index is 751. The Balaban J connectivity index is 2.45. The van der Waals surface area contributed by atoms with Crippen LogP contribution in [-0.2, 0) is 0 Å². The lowest BCUT2D eigenvalue weighted by Gasteiger charge is -2.06. The number of benzene rings is 2. The number of hydrogen-bond donors (Lipinski definition) is 1. The van der Waals surface area contributed by atoms with Gasteiger partial charge >= 0.3 is 0 Å². The molecule has 3 rings (SSSR count). The molecule has 0 amide bonds. The molecule has 0 atom stereocenters. The highest BCUT2D eigenvalue weighted by Gasteiger charge is 2.11. The number of rotatable bonds is 0. The van der Waals surface area contributed by atoms with Gasteiger partial charge in [-0.1, -0.05) is 15.9 Å². The van der Waals surface area contributed by atoms with Gasteiger partial charge in [-0.25, -0.2) is 4.98 Å². The molecule has 2 aliphatic rings. The summed E-state index contributed by atoms with van der Waals surface area (Å²) < 4.78 is 6.52. The molecule has 0 fully saturated rings. The van der Waals surface area contributed by atoms with Crippen molar-refractivity contribution in [1.82, 2.24) is 4.98 Å². The minimum Gasteiger partial charge on any atom is -0.453 e. The fraction of sp³-hybridized carbons (Fsp3) is 0. The molecule has 1 heterocycles. The zero-order chi connectivity index (χ0) is 12.0. The summed E-state index contributed by atoms with van der Waals surface area (Å²) >= 11 is 3.37. The van der Waals surface area contributed by atoms with E-state index >= 15 is 0 Å². The van der Waals surface area contributed by atoms with E-state index in [1.807, 2.05) is 12.1 Å². The Labute approximate surface area is 105 Å². The fourth-order valence-corrected chi connectivity index (χ4v) is 2.00. The average molecular weight is 291 g/mol. The number of fused-ring (bicyclic) bond motifs is 2. The number of nitrogen functional groups attached to an aromatic ring is 1. The quantitative estimate of drug-likeness (QED) is 0.510. The maximum Gasteiger partial charge on any atom is 0.205 e. The van der Waals surface area contributed by atoms with Crippen LogP contribution in [0.1, 0.15) is 0 Å². The van der Waals surface area contributed by atoms with Crippen molar-refractivity contribution in [3.05, 3.63) is 45.0 Å². The molecule has 0 bridgehead atoms. The summed E-state index contributed by atoms with van der Waals surface area (Å²) in [6, 6.07) is 8.39. The van der Waals surface area contributed by atoms with Crippen LogP contribution in [0.3, 0.4) is 0 Å². The molecule has 0 unspecified atom stereocenters. The lowest BCUT2D eigenvalue weighted by Crippen LogP contribution is -2.08. The monoisotopic (exact) mass is 290 g/mol. The molecule has 17 heavy (non-hydrogen) atoms. The van der Waals surface area contributed by atoms with Crippen molar-refractivity contribution in [1.29, 1.82) is 0 Å². The molecule has 0 saturated heterocycles. The average Bonchev–Trinajstić information content (AvgIpc) is 2.28. The molecule has 1 aliphatic carbocycles. The number of nitrogens with two attached hydrogens (primary N) is 1. The molecule has 4 nitrogen and oxygen atoms in total. The van der Waals surface area contributed by atoms with Crippen molar-refractivity contribution in [2.75, 3.05) is 5.73 Å². The molecule has 1 aliphatic heterocycles. The Morgan fingerprint density at radius 3 is 2.88 bits per heavy atom. The molecule has 0 radical (unpaired) electrons. The molecule has 1 aromatic carbocycles. The third kappa shape index (κ3) is 1.68. The third-order valence-electron chi connectivity index (χ3n) is 2.47. The fourth-order valence-electron chi connectivity index (χ4n) is 1.65. The highest BCUT2D eigenvalue weighted by Crippen LogP contribution is 2.26. The van der Waals surface area contributed by atoms with Crippen LogP contribution >= 0.6 is 15.9 Å². The van der Waals surface area contributed by atoms with Crippen molar-refractivity contribution < 1.29 is 4.42 Å². The van der Waals surface area contributed by atoms with E-state index in [1.165, 1.54) is 12.1 Å². The van der Waals surface area contributed by atoms with Crippen molar-refractivity contribution in [3.8, 4) is 11.5 Å². The topological polar surface area (TPSA) is 69.1 Å². The van der Waals surface area contributed by atoms with Gasteiger partial charge in [0.25, 0.3) is 0 Å². The van der Waals surface area contributed by atoms with E-state index in [-0.39, 0.29) is 11.1 Å². The lowest BCUT2D eigenvalue weighted by molar-refractivity contribution is 0.612. The first-order chi connectivity index (χ1) is 8.13. The first-order valence-electron chi connectivity index (χ1n) is 4.93. The Hall–Kier alpha value is -1.88. The molecule has 0 spiro atoms. The standard InChI is InChI=1S/C12H7BrN2O2/c13-6-1-2-11-8(3-6)15-9-4-7(14)10(16)5-12(9)17-11/h1-5H,14H2. The van der Waals surface area contributed by atoms with Crippen molar-refractivity contribution in [2.24, 2.45) is 0 Å². The minimum absolute atomic E-state index is 0.176. The third-order valence-corrected chi connectivity index (χ3v) is 2.97. The van der Waals surface area contributed by atoms with Gasteiger partial charge < -0.3 is 10.2 Å². The van der Waals surface area contributed by atoms with E-state index in [9.17, 15) is 4.79 Å². The second-order valence-corrected chi connectivity index (χ2v) is 4.60. The van der Waals surface area contributed by atoms with Gasteiger partial charge in [0, 0.05) is 10.5 Å². The van der Waals surface area contributed by atoms with Gasteiger partial charge in [-0.3, -0.25) is 4.79 Å². The van der Waals surface area contributed by atoms with Gasteiger partial charge in [-0.05, 0) is 24.3 Å². The molecule has 5 heteroatoms. The predicted octanol–water partition coefficient (Wildman–Crippen LogP) is 2.64. The smallest absolute Gasteiger partial charge is 0.205 e. The Morgan fingerprint density at radius 2 is 2.06 bits per heavy atom. The number of nitrogens with zero attached hydrogens (tertiary/aromatic N) is 1. The SMILES string of the molecule is Nc1cc2nc3cc(Br)ccc3oc-2cc1=O. The Morgan fingerprint density at radius 1 is 1.24 bits per heavy atom. The number of aromatic nitrogens is 1. The first-order valence-corrected chi connectivity index (χ1v) is 5.72. The van der Waals surface area contributed by atoms with Crippen LogP contribution in [0.25, 0.3) is 22.6 Å². The van der Waals surface area contributed by atoms with Crippen LogP contribution in [0, 0.1) is 0 Å². The van der Waals surface area contributed by atoms with E-state index < -0.39 is 0 Å². The molecular weight excluding hydrogens is 284 g/mol. The largest absolute Gasteiger partial charge is 0.453 e. The summed E-state index contributed by atoms with van der Waals surface area (Å²) in [6.07, 6.45) is 0. The lowest BCUT2D eigenvalue weighted by atomic mass is 10.2. The Kier molecular flexibility index (Phi) is 2.16. The maximum absolute atomic E-state index is 11.4. The summed E-state index contributed by atoms with van der Waals surface area (Å²) in [5.74, 6) is 0.444. The zero-order valence-electron chi connectivity index (χ0n) is 8.61. The van der Waals surface area contributed by atoms with Crippen molar-refractivity contribution in [2.45, 2.75) is 0 Å². The zero-order valence-corrected chi connectivity index (χ0v) is 10.2. The number of hydrogen-bond acceptors (Lipinski definition) is 4. The predicted molar refractivity (Wildman–Crippen MR) is 69.0 cm³/mol. The first kappa shape index (κ1) is 10.3. The van der Waals surface area contributed by atoms with Gasteiger partial charge in [0.15, 0.2) is 11.3 Å². The minimum atomic E-state index is -0.250. The second kappa shape index (κ2) is 3.56. The van der Waals surface area contributed by atoms with Crippen LogP contribution in [0.15, 0.2) is 44.0 Å². The van der Waals surface area contributed by atoms with Gasteiger partial charge in [0.1, 0.15) is 11.2 Å². The summed E-state index contributed by atoms with van der Waals surface area (Å²) in [6.45, 7) is 0. The van der Waals surface area contributed by atoms with Crippen LogP contribution in [0.2, 0.25) is 0 Å². The summed E-state index contributed by atoms with van der Waals surface area (Å²) in [4.78, 5) is 15.8. The second-order valence-electron chi connectivity index (χ2n) is 3.68. The van der Waals surface area contributed by atoms with Gasteiger partial charge in [0.05, 0.1) is 5.69 Å². The van der Waals surface area contributed by atoms with Crippen molar-refractivity contribution in [3.63, 3.8) is 0 Å². The maximum atomic E-state index is 11.4. The normalized spacial score (nSPS) is 11.1. The van der Waals surface area contributed by atoms with Crippen LogP contribution in [0.4, 0.5) is 5.69 Å². The highest BCUT2D eigenvalue weighted by molar-refractivity contribution is 9.10.